The monoisotopic (exact) mass is 290 g/mol. The van der Waals surface area contributed by atoms with Gasteiger partial charge in [-0.3, -0.25) is 4.79 Å². The number of carbonyl (C=O) groups excluding carboxylic acids is 1. The van der Waals surface area contributed by atoms with Crippen LogP contribution in [0, 0.1) is 5.92 Å². The van der Waals surface area contributed by atoms with E-state index in [4.69, 9.17) is 5.73 Å². The van der Waals surface area contributed by atoms with Gasteiger partial charge in [0.1, 0.15) is 5.82 Å². The number of amides is 1. The van der Waals surface area contributed by atoms with Crippen molar-refractivity contribution in [3.05, 3.63) is 23.9 Å². The van der Waals surface area contributed by atoms with Crippen molar-refractivity contribution >= 4 is 11.7 Å². The van der Waals surface area contributed by atoms with E-state index in [9.17, 15) is 4.79 Å². The van der Waals surface area contributed by atoms with Crippen LogP contribution in [-0.2, 0) is 0 Å². The van der Waals surface area contributed by atoms with Crippen LogP contribution in [0.1, 0.15) is 44.0 Å². The summed E-state index contributed by atoms with van der Waals surface area (Å²) in [6, 6.07) is 3.51. The predicted octanol–water partition coefficient (Wildman–Crippen LogP) is 1.78. The fourth-order valence-corrected chi connectivity index (χ4v) is 2.72. The molecular weight excluding hydrogens is 264 g/mol. The minimum Gasteiger partial charge on any atom is -0.365 e. The van der Waals surface area contributed by atoms with Crippen LogP contribution in [0.3, 0.4) is 0 Å². The van der Waals surface area contributed by atoms with Gasteiger partial charge in [-0.1, -0.05) is 0 Å². The molecule has 1 aliphatic heterocycles. The first-order valence-electron chi connectivity index (χ1n) is 7.61. The Morgan fingerprint density at radius 1 is 1.52 bits per heavy atom. The highest BCUT2D eigenvalue weighted by atomic mass is 16.1. The topological polar surface area (TPSA) is 71.2 Å². The van der Waals surface area contributed by atoms with Crippen molar-refractivity contribution in [1.29, 1.82) is 0 Å². The van der Waals surface area contributed by atoms with Crippen LogP contribution in [0.4, 0.5) is 5.82 Å². The number of hydrogen-bond acceptors (Lipinski definition) is 4. The summed E-state index contributed by atoms with van der Waals surface area (Å²) in [6.07, 6.45) is 4.04. The van der Waals surface area contributed by atoms with Crippen LogP contribution in [-0.4, -0.2) is 36.1 Å². The van der Waals surface area contributed by atoms with E-state index in [1.165, 1.54) is 6.42 Å². The van der Waals surface area contributed by atoms with E-state index >= 15 is 0 Å². The Labute approximate surface area is 126 Å². The summed E-state index contributed by atoms with van der Waals surface area (Å²) in [7, 11) is 0. The molecule has 0 bridgehead atoms. The zero-order valence-electron chi connectivity index (χ0n) is 13.2. The zero-order chi connectivity index (χ0) is 15.5. The third-order valence-electron chi connectivity index (χ3n) is 3.79. The molecule has 1 aromatic heterocycles. The van der Waals surface area contributed by atoms with Gasteiger partial charge in [0.05, 0.1) is 5.56 Å². The number of piperidine rings is 1. The molecule has 1 fully saturated rings. The maximum atomic E-state index is 11.5. The molecule has 0 aromatic carbocycles. The Hall–Kier alpha value is -1.62. The van der Waals surface area contributed by atoms with E-state index in [-0.39, 0.29) is 5.54 Å². The normalized spacial score (nSPS) is 19.6. The first-order chi connectivity index (χ1) is 9.87. The van der Waals surface area contributed by atoms with Crippen LogP contribution in [0.15, 0.2) is 18.3 Å². The molecule has 5 nitrogen and oxygen atoms in total. The molecule has 0 radical (unpaired) electrons. The van der Waals surface area contributed by atoms with Crippen molar-refractivity contribution in [2.24, 2.45) is 11.7 Å². The summed E-state index contributed by atoms with van der Waals surface area (Å²) in [5.74, 6) is 0.888. The van der Waals surface area contributed by atoms with Crippen molar-refractivity contribution in [2.75, 3.05) is 24.5 Å². The zero-order valence-corrected chi connectivity index (χ0v) is 13.2. The molecule has 1 atom stereocenters. The fraction of sp³-hybridized carbons (Fsp3) is 0.625. The number of nitrogens with one attached hydrogen (secondary N) is 1. The van der Waals surface area contributed by atoms with E-state index in [0.717, 1.165) is 31.9 Å². The van der Waals surface area contributed by atoms with Crippen molar-refractivity contribution in [3.63, 3.8) is 0 Å². The van der Waals surface area contributed by atoms with Crippen molar-refractivity contribution in [2.45, 2.75) is 39.2 Å². The third kappa shape index (κ3) is 4.43. The molecule has 0 aliphatic carbocycles. The number of hydrogen-bond donors (Lipinski definition) is 2. The van der Waals surface area contributed by atoms with Gasteiger partial charge >= 0.3 is 0 Å². The lowest BCUT2D eigenvalue weighted by molar-refractivity contribution is 0.100. The van der Waals surface area contributed by atoms with E-state index in [1.807, 2.05) is 0 Å². The molecule has 1 amide bonds. The molecular formula is C16H26N4O. The standard InChI is InChI=1S/C16H26N4O/c1-16(2,3)19-10-12-6-5-9-20(11-12)15-13(14(17)21)7-4-8-18-15/h4,7-8,12,19H,5-6,9-11H2,1-3H3,(H2,17,21). The lowest BCUT2D eigenvalue weighted by Crippen LogP contribution is -2.45. The Kier molecular flexibility index (Phi) is 4.83. The molecule has 0 spiro atoms. The molecule has 1 unspecified atom stereocenters. The summed E-state index contributed by atoms with van der Waals surface area (Å²) in [5, 5.41) is 3.56. The quantitative estimate of drug-likeness (QED) is 0.887. The minimum absolute atomic E-state index is 0.131. The maximum Gasteiger partial charge on any atom is 0.252 e. The average Bonchev–Trinajstić information content (AvgIpc) is 2.45. The molecule has 1 aliphatic rings. The highest BCUT2D eigenvalue weighted by Crippen LogP contribution is 2.24. The first-order valence-corrected chi connectivity index (χ1v) is 7.61. The Bertz CT molecular complexity index is 495. The molecule has 2 heterocycles. The Morgan fingerprint density at radius 2 is 2.29 bits per heavy atom. The molecule has 5 heteroatoms. The summed E-state index contributed by atoms with van der Waals surface area (Å²) in [6.45, 7) is 9.37. The van der Waals surface area contributed by atoms with E-state index in [0.29, 0.717) is 11.5 Å². The van der Waals surface area contributed by atoms with Crippen LogP contribution >= 0.6 is 0 Å². The number of rotatable bonds is 4. The van der Waals surface area contributed by atoms with Crippen LogP contribution in [0.25, 0.3) is 0 Å². The average molecular weight is 290 g/mol. The van der Waals surface area contributed by atoms with Gasteiger partial charge in [-0.25, -0.2) is 4.98 Å². The van der Waals surface area contributed by atoms with Gasteiger partial charge in [0.2, 0.25) is 0 Å². The molecule has 116 valence electrons. The fourth-order valence-electron chi connectivity index (χ4n) is 2.72. The van der Waals surface area contributed by atoms with Gasteiger partial charge in [0, 0.05) is 31.4 Å². The predicted molar refractivity (Wildman–Crippen MR) is 85.4 cm³/mol. The highest BCUT2D eigenvalue weighted by molar-refractivity contribution is 5.97. The summed E-state index contributed by atoms with van der Waals surface area (Å²) >= 11 is 0. The summed E-state index contributed by atoms with van der Waals surface area (Å²) < 4.78 is 0. The van der Waals surface area contributed by atoms with E-state index < -0.39 is 5.91 Å². The van der Waals surface area contributed by atoms with Crippen LogP contribution in [0.2, 0.25) is 0 Å². The number of nitrogens with zero attached hydrogens (tertiary/aromatic N) is 2. The molecule has 2 rings (SSSR count). The third-order valence-corrected chi connectivity index (χ3v) is 3.79. The Balaban J connectivity index is 2.06. The van der Waals surface area contributed by atoms with Crippen molar-refractivity contribution < 1.29 is 4.79 Å². The minimum atomic E-state index is -0.409. The number of pyridine rings is 1. The van der Waals surface area contributed by atoms with Gasteiger partial charge in [-0.05, 0) is 51.7 Å². The smallest absolute Gasteiger partial charge is 0.252 e. The summed E-state index contributed by atoms with van der Waals surface area (Å²) in [5.41, 5.74) is 6.10. The van der Waals surface area contributed by atoms with Gasteiger partial charge in [-0.15, -0.1) is 0 Å². The molecule has 0 saturated carbocycles. The number of carbonyl (C=O) groups is 1. The van der Waals surface area contributed by atoms with E-state index in [2.05, 4.69) is 36.0 Å². The molecule has 21 heavy (non-hydrogen) atoms. The van der Waals surface area contributed by atoms with Crippen LogP contribution < -0.4 is 16.0 Å². The number of anilines is 1. The maximum absolute atomic E-state index is 11.5. The Morgan fingerprint density at radius 3 is 2.95 bits per heavy atom. The molecule has 1 saturated heterocycles. The molecule has 3 N–H and O–H groups in total. The van der Waals surface area contributed by atoms with Crippen molar-refractivity contribution in [1.82, 2.24) is 10.3 Å². The number of nitrogens with two attached hydrogens (primary N) is 1. The number of aromatic nitrogens is 1. The first kappa shape index (κ1) is 15.8. The number of primary amides is 1. The second kappa shape index (κ2) is 6.43. The van der Waals surface area contributed by atoms with Gasteiger partial charge < -0.3 is 16.0 Å². The van der Waals surface area contributed by atoms with Gasteiger partial charge in [0.15, 0.2) is 0 Å². The lowest BCUT2D eigenvalue weighted by atomic mass is 9.96. The van der Waals surface area contributed by atoms with Crippen LogP contribution in [0.5, 0.6) is 0 Å². The lowest BCUT2D eigenvalue weighted by Gasteiger charge is -2.35. The largest absolute Gasteiger partial charge is 0.365 e. The second-order valence-corrected chi connectivity index (χ2v) is 6.82. The molecule has 1 aromatic rings. The SMILES string of the molecule is CC(C)(C)NCC1CCCN(c2ncccc2C(N)=O)C1. The highest BCUT2D eigenvalue weighted by Gasteiger charge is 2.24. The van der Waals surface area contributed by atoms with Crippen molar-refractivity contribution in [3.8, 4) is 0 Å². The summed E-state index contributed by atoms with van der Waals surface area (Å²) in [4.78, 5) is 18.1. The second-order valence-electron chi connectivity index (χ2n) is 6.82. The van der Waals surface area contributed by atoms with Gasteiger partial charge in [-0.2, -0.15) is 0 Å². The van der Waals surface area contributed by atoms with E-state index in [1.54, 1.807) is 18.3 Å². The van der Waals surface area contributed by atoms with Gasteiger partial charge in [0.25, 0.3) is 5.91 Å².